The van der Waals surface area contributed by atoms with E-state index in [0.717, 1.165) is 0 Å². The molecule has 0 amide bonds. The zero-order valence-corrected chi connectivity index (χ0v) is 14.7. The Morgan fingerprint density at radius 1 is 1.32 bits per heavy atom. The van der Waals surface area contributed by atoms with Crippen molar-refractivity contribution >= 4 is 15.9 Å². The largest absolute Gasteiger partial charge is 0.389 e. The lowest BCUT2D eigenvalue weighted by molar-refractivity contribution is 0.0540. The Balaban J connectivity index is 2.00. The van der Waals surface area contributed by atoms with Crippen molar-refractivity contribution < 1.29 is 18.3 Å². The maximum Gasteiger partial charge on any atom is 0.334 e. The molecule has 1 N–H and O–H groups in total. The van der Waals surface area contributed by atoms with Crippen LogP contribution < -0.4 is 0 Å². The van der Waals surface area contributed by atoms with Crippen LogP contribution in [0.5, 0.6) is 0 Å². The zero-order chi connectivity index (χ0) is 18.1. The van der Waals surface area contributed by atoms with Crippen molar-refractivity contribution in [3.05, 3.63) is 58.3 Å². The highest BCUT2D eigenvalue weighted by Crippen LogP contribution is 2.29. The molecule has 25 heavy (non-hydrogen) atoms. The van der Waals surface area contributed by atoms with Crippen LogP contribution in [-0.2, 0) is 6.54 Å². The Kier molecular flexibility index (Phi) is 4.96. The fourth-order valence-electron chi connectivity index (χ4n) is 2.57. The van der Waals surface area contributed by atoms with Crippen molar-refractivity contribution in [1.29, 1.82) is 0 Å². The molecule has 1 aromatic carbocycles. The van der Waals surface area contributed by atoms with E-state index >= 15 is 0 Å². The molecule has 0 aliphatic heterocycles. The first-order valence-corrected chi connectivity index (χ1v) is 8.17. The Labute approximate surface area is 149 Å². The highest BCUT2D eigenvalue weighted by atomic mass is 79.9. The van der Waals surface area contributed by atoms with Gasteiger partial charge in [-0.2, -0.15) is 18.6 Å². The number of alkyl halides is 2. The van der Waals surface area contributed by atoms with Crippen molar-refractivity contribution in [1.82, 2.24) is 19.3 Å². The van der Waals surface area contributed by atoms with E-state index in [1.165, 1.54) is 31.3 Å². The summed E-state index contributed by atoms with van der Waals surface area (Å²) in [5, 5.41) is 13.6. The lowest BCUT2D eigenvalue weighted by Gasteiger charge is -2.14. The lowest BCUT2D eigenvalue weighted by Crippen LogP contribution is -2.05. The average Bonchev–Trinajstić information content (AvgIpc) is 3.15. The number of halogens is 4. The van der Waals surface area contributed by atoms with Crippen molar-refractivity contribution in [2.45, 2.75) is 26.1 Å². The molecule has 0 radical (unpaired) electrons. The fourth-order valence-corrected chi connectivity index (χ4v) is 3.05. The molecule has 9 heteroatoms. The van der Waals surface area contributed by atoms with Crippen molar-refractivity contribution in [3.8, 4) is 11.4 Å². The summed E-state index contributed by atoms with van der Waals surface area (Å²) >= 11 is 3.12. The minimum absolute atomic E-state index is 0.178. The standard InChI is InChI=1S/C16H14BrF3N4O/c1-9(25)13-6-11(18)2-3-12(13)15-21-4-5-23(15)8-10-7-22-24(14(10)17)16(19)20/h2-7,9,16,25H,8H2,1H3. The van der Waals surface area contributed by atoms with Gasteiger partial charge in [-0.3, -0.25) is 0 Å². The van der Waals surface area contributed by atoms with Gasteiger partial charge in [-0.15, -0.1) is 0 Å². The molecule has 0 spiro atoms. The molecule has 2 heterocycles. The van der Waals surface area contributed by atoms with Gasteiger partial charge < -0.3 is 9.67 Å². The summed E-state index contributed by atoms with van der Waals surface area (Å²) in [5.74, 6) is 0.0336. The van der Waals surface area contributed by atoms with Crippen molar-refractivity contribution in [3.63, 3.8) is 0 Å². The summed E-state index contributed by atoms with van der Waals surface area (Å²) in [5.41, 5.74) is 1.51. The quantitative estimate of drug-likeness (QED) is 0.682. The fraction of sp³-hybridized carbons (Fsp3) is 0.250. The van der Waals surface area contributed by atoms with Gasteiger partial charge in [0.25, 0.3) is 0 Å². The normalized spacial score (nSPS) is 12.8. The van der Waals surface area contributed by atoms with Crippen LogP contribution in [0, 0.1) is 5.82 Å². The number of rotatable bonds is 5. The minimum Gasteiger partial charge on any atom is -0.389 e. The van der Waals surface area contributed by atoms with Crippen LogP contribution >= 0.6 is 15.9 Å². The number of imidazole rings is 1. The van der Waals surface area contributed by atoms with E-state index in [-0.39, 0.29) is 11.1 Å². The maximum atomic E-state index is 13.5. The number of hydrogen-bond acceptors (Lipinski definition) is 3. The number of aliphatic hydroxyl groups is 1. The third kappa shape index (κ3) is 3.47. The van der Waals surface area contributed by atoms with Crippen LogP contribution in [0.2, 0.25) is 0 Å². The van der Waals surface area contributed by atoms with E-state index in [4.69, 9.17) is 0 Å². The number of aromatic nitrogens is 4. The molecule has 0 bridgehead atoms. The number of benzene rings is 1. The first-order chi connectivity index (χ1) is 11.9. The molecule has 1 atom stereocenters. The van der Waals surface area contributed by atoms with Crippen LogP contribution in [0.25, 0.3) is 11.4 Å². The van der Waals surface area contributed by atoms with E-state index in [2.05, 4.69) is 26.0 Å². The highest BCUT2D eigenvalue weighted by Gasteiger charge is 2.18. The molecular formula is C16H14BrF3N4O. The van der Waals surface area contributed by atoms with Crippen LogP contribution in [0.4, 0.5) is 13.2 Å². The molecule has 0 aliphatic carbocycles. The molecule has 1 unspecified atom stereocenters. The summed E-state index contributed by atoms with van der Waals surface area (Å²) in [6.45, 7) is -0.974. The molecule has 132 valence electrons. The van der Waals surface area contributed by atoms with Gasteiger partial charge in [0.05, 0.1) is 18.8 Å². The van der Waals surface area contributed by atoms with E-state index in [1.807, 2.05) is 0 Å². The van der Waals surface area contributed by atoms with Crippen LogP contribution in [0.3, 0.4) is 0 Å². The number of nitrogens with zero attached hydrogens (tertiary/aromatic N) is 4. The predicted molar refractivity (Wildman–Crippen MR) is 88.5 cm³/mol. The highest BCUT2D eigenvalue weighted by molar-refractivity contribution is 9.10. The average molecular weight is 415 g/mol. The van der Waals surface area contributed by atoms with Gasteiger partial charge in [0.15, 0.2) is 0 Å². The molecule has 0 aliphatic rings. The summed E-state index contributed by atoms with van der Waals surface area (Å²) in [4.78, 5) is 4.27. The molecular weight excluding hydrogens is 401 g/mol. The Bertz CT molecular complexity index is 891. The maximum absolute atomic E-state index is 13.5. The van der Waals surface area contributed by atoms with Crippen LogP contribution in [-0.4, -0.2) is 24.4 Å². The van der Waals surface area contributed by atoms with Crippen LogP contribution in [0.1, 0.15) is 30.7 Å². The summed E-state index contributed by atoms with van der Waals surface area (Å²) in [7, 11) is 0. The molecule has 0 fully saturated rings. The van der Waals surface area contributed by atoms with Crippen molar-refractivity contribution in [2.24, 2.45) is 0 Å². The minimum atomic E-state index is -2.75. The lowest BCUT2D eigenvalue weighted by atomic mass is 10.0. The Morgan fingerprint density at radius 2 is 2.08 bits per heavy atom. The van der Waals surface area contributed by atoms with E-state index in [1.54, 1.807) is 17.0 Å². The van der Waals surface area contributed by atoms with Gasteiger partial charge in [-0.25, -0.2) is 9.37 Å². The molecule has 3 rings (SSSR count). The molecule has 5 nitrogen and oxygen atoms in total. The summed E-state index contributed by atoms with van der Waals surface area (Å²) in [6.07, 6.45) is 3.69. The molecule has 0 saturated carbocycles. The molecule has 2 aromatic heterocycles. The van der Waals surface area contributed by atoms with E-state index in [0.29, 0.717) is 27.2 Å². The topological polar surface area (TPSA) is 55.9 Å². The first kappa shape index (κ1) is 17.7. The Morgan fingerprint density at radius 3 is 2.72 bits per heavy atom. The second-order valence-electron chi connectivity index (χ2n) is 5.47. The second kappa shape index (κ2) is 7.01. The summed E-state index contributed by atoms with van der Waals surface area (Å²) in [6, 6.07) is 4.07. The van der Waals surface area contributed by atoms with Crippen molar-refractivity contribution in [2.75, 3.05) is 0 Å². The van der Waals surface area contributed by atoms with Gasteiger partial charge in [-0.1, -0.05) is 0 Å². The third-order valence-corrected chi connectivity index (χ3v) is 4.62. The molecule has 3 aromatic rings. The number of hydrogen-bond donors (Lipinski definition) is 1. The summed E-state index contributed by atoms with van der Waals surface area (Å²) < 4.78 is 41.6. The van der Waals surface area contributed by atoms with E-state index < -0.39 is 18.5 Å². The van der Waals surface area contributed by atoms with Gasteiger partial charge in [0.1, 0.15) is 16.2 Å². The van der Waals surface area contributed by atoms with Gasteiger partial charge in [-0.05, 0) is 46.6 Å². The Hall–Kier alpha value is -2.13. The first-order valence-electron chi connectivity index (χ1n) is 7.37. The zero-order valence-electron chi connectivity index (χ0n) is 13.1. The number of aliphatic hydroxyl groups excluding tert-OH is 1. The van der Waals surface area contributed by atoms with E-state index in [9.17, 15) is 18.3 Å². The third-order valence-electron chi connectivity index (χ3n) is 3.75. The second-order valence-corrected chi connectivity index (χ2v) is 6.22. The van der Waals surface area contributed by atoms with Crippen LogP contribution in [0.15, 0.2) is 41.4 Å². The van der Waals surface area contributed by atoms with Gasteiger partial charge in [0, 0.05) is 23.5 Å². The smallest absolute Gasteiger partial charge is 0.334 e. The van der Waals surface area contributed by atoms with Gasteiger partial charge in [0.2, 0.25) is 0 Å². The predicted octanol–water partition coefficient (Wildman–Crippen LogP) is 4.14. The monoisotopic (exact) mass is 414 g/mol. The van der Waals surface area contributed by atoms with Gasteiger partial charge >= 0.3 is 6.55 Å². The molecule has 0 saturated heterocycles. The SMILES string of the molecule is CC(O)c1cc(F)ccc1-c1nccn1Cc1cnn(C(F)F)c1Br.